The fraction of sp³-hybridized carbons (Fsp3) is 0.500. The van der Waals surface area contributed by atoms with E-state index in [0.717, 1.165) is 31.3 Å². The predicted octanol–water partition coefficient (Wildman–Crippen LogP) is 1.15. The zero-order chi connectivity index (χ0) is 12.8. The standard InChI is InChI=1S/C12H19N5O/c1-11-10-16(8-9-18-2)12(15-11)13-5-7-17-6-3-4-14-17/h3-4,6,10H,5,7-9H2,1-2H3,(H,13,15). The fourth-order valence-corrected chi connectivity index (χ4v) is 1.76. The highest BCUT2D eigenvalue weighted by Crippen LogP contribution is 2.07. The molecule has 6 heteroatoms. The number of hydrogen-bond acceptors (Lipinski definition) is 4. The van der Waals surface area contributed by atoms with E-state index < -0.39 is 0 Å². The Morgan fingerprint density at radius 2 is 2.28 bits per heavy atom. The minimum Gasteiger partial charge on any atom is -0.383 e. The largest absolute Gasteiger partial charge is 0.383 e. The van der Waals surface area contributed by atoms with Gasteiger partial charge < -0.3 is 14.6 Å². The molecule has 0 atom stereocenters. The average molecular weight is 249 g/mol. The van der Waals surface area contributed by atoms with E-state index in [0.29, 0.717) is 6.61 Å². The van der Waals surface area contributed by atoms with Crippen LogP contribution >= 0.6 is 0 Å². The first-order chi connectivity index (χ1) is 8.79. The fourth-order valence-electron chi connectivity index (χ4n) is 1.76. The maximum absolute atomic E-state index is 5.08. The number of nitrogens with zero attached hydrogens (tertiary/aromatic N) is 4. The molecule has 0 aliphatic carbocycles. The molecular formula is C12H19N5O. The number of nitrogens with one attached hydrogen (secondary N) is 1. The maximum atomic E-state index is 5.08. The number of methoxy groups -OCH3 is 1. The number of hydrogen-bond donors (Lipinski definition) is 1. The molecule has 0 saturated heterocycles. The van der Waals surface area contributed by atoms with E-state index in [2.05, 4.69) is 20.0 Å². The minimum absolute atomic E-state index is 0.684. The summed E-state index contributed by atoms with van der Waals surface area (Å²) in [6, 6.07) is 1.92. The second-order valence-electron chi connectivity index (χ2n) is 4.09. The maximum Gasteiger partial charge on any atom is 0.203 e. The molecule has 0 unspecified atom stereocenters. The van der Waals surface area contributed by atoms with Crippen LogP contribution in [0.3, 0.4) is 0 Å². The summed E-state index contributed by atoms with van der Waals surface area (Å²) < 4.78 is 9.05. The summed E-state index contributed by atoms with van der Waals surface area (Å²) in [7, 11) is 1.70. The molecule has 18 heavy (non-hydrogen) atoms. The SMILES string of the molecule is COCCn1cc(C)nc1NCCn1cccn1. The Labute approximate surface area is 107 Å². The molecule has 2 aromatic heterocycles. The molecule has 0 aliphatic rings. The summed E-state index contributed by atoms with van der Waals surface area (Å²) in [5.74, 6) is 0.886. The molecule has 2 aromatic rings. The van der Waals surface area contributed by atoms with Crippen LogP contribution in [0.25, 0.3) is 0 Å². The molecule has 2 heterocycles. The number of rotatable bonds is 7. The van der Waals surface area contributed by atoms with Crippen LogP contribution in [-0.2, 0) is 17.8 Å². The minimum atomic E-state index is 0.684. The lowest BCUT2D eigenvalue weighted by molar-refractivity contribution is 0.187. The second-order valence-corrected chi connectivity index (χ2v) is 4.09. The number of aryl methyl sites for hydroxylation is 1. The molecule has 0 spiro atoms. The third kappa shape index (κ3) is 3.33. The summed E-state index contributed by atoms with van der Waals surface area (Å²) >= 11 is 0. The quantitative estimate of drug-likeness (QED) is 0.799. The van der Waals surface area contributed by atoms with Gasteiger partial charge in [0.15, 0.2) is 0 Å². The van der Waals surface area contributed by atoms with Gasteiger partial charge in [0.25, 0.3) is 0 Å². The van der Waals surface area contributed by atoms with Crippen molar-refractivity contribution in [2.75, 3.05) is 25.6 Å². The first-order valence-electron chi connectivity index (χ1n) is 6.03. The molecule has 0 amide bonds. The van der Waals surface area contributed by atoms with Crippen LogP contribution in [0.2, 0.25) is 0 Å². The normalized spacial score (nSPS) is 10.8. The average Bonchev–Trinajstić information content (AvgIpc) is 2.97. The zero-order valence-electron chi connectivity index (χ0n) is 10.8. The predicted molar refractivity (Wildman–Crippen MR) is 69.6 cm³/mol. The van der Waals surface area contributed by atoms with Gasteiger partial charge in [-0.15, -0.1) is 0 Å². The Hall–Kier alpha value is -1.82. The second kappa shape index (κ2) is 6.20. The van der Waals surface area contributed by atoms with E-state index in [1.807, 2.05) is 30.1 Å². The van der Waals surface area contributed by atoms with E-state index in [-0.39, 0.29) is 0 Å². The van der Waals surface area contributed by atoms with E-state index in [4.69, 9.17) is 4.74 Å². The van der Waals surface area contributed by atoms with Crippen LogP contribution in [-0.4, -0.2) is 39.6 Å². The number of imidazole rings is 1. The van der Waals surface area contributed by atoms with Crippen molar-refractivity contribution >= 4 is 5.95 Å². The van der Waals surface area contributed by atoms with Gasteiger partial charge in [0.2, 0.25) is 5.95 Å². The molecule has 0 aliphatic heterocycles. The van der Waals surface area contributed by atoms with Crippen LogP contribution in [0.5, 0.6) is 0 Å². The van der Waals surface area contributed by atoms with Crippen molar-refractivity contribution in [1.29, 1.82) is 0 Å². The Morgan fingerprint density at radius 1 is 1.39 bits per heavy atom. The molecule has 0 bridgehead atoms. The van der Waals surface area contributed by atoms with Crippen molar-refractivity contribution in [3.63, 3.8) is 0 Å². The molecule has 0 aromatic carbocycles. The van der Waals surface area contributed by atoms with Gasteiger partial charge in [-0.1, -0.05) is 0 Å². The van der Waals surface area contributed by atoms with Gasteiger partial charge in [0, 0.05) is 38.8 Å². The highest BCUT2D eigenvalue weighted by Gasteiger charge is 2.04. The Kier molecular flexibility index (Phi) is 4.35. The van der Waals surface area contributed by atoms with Crippen LogP contribution in [0, 0.1) is 6.92 Å². The molecule has 6 nitrogen and oxygen atoms in total. The highest BCUT2D eigenvalue weighted by molar-refractivity contribution is 5.28. The summed E-state index contributed by atoms with van der Waals surface area (Å²) in [5.41, 5.74) is 1.01. The van der Waals surface area contributed by atoms with Gasteiger partial charge >= 0.3 is 0 Å². The molecule has 98 valence electrons. The Bertz CT molecular complexity index is 463. The smallest absolute Gasteiger partial charge is 0.203 e. The Balaban J connectivity index is 1.87. The molecule has 0 radical (unpaired) electrons. The third-order valence-corrected chi connectivity index (χ3v) is 2.62. The lowest BCUT2D eigenvalue weighted by atomic mass is 10.5. The first-order valence-corrected chi connectivity index (χ1v) is 6.03. The van der Waals surface area contributed by atoms with Crippen LogP contribution in [0.4, 0.5) is 5.95 Å². The van der Waals surface area contributed by atoms with Gasteiger partial charge in [0.1, 0.15) is 0 Å². The van der Waals surface area contributed by atoms with Crippen molar-refractivity contribution in [3.8, 4) is 0 Å². The molecule has 0 fully saturated rings. The van der Waals surface area contributed by atoms with Crippen LogP contribution in [0.15, 0.2) is 24.7 Å². The highest BCUT2D eigenvalue weighted by atomic mass is 16.5. The number of ether oxygens (including phenoxy) is 1. The van der Waals surface area contributed by atoms with Crippen molar-refractivity contribution in [2.45, 2.75) is 20.0 Å². The first kappa shape index (κ1) is 12.6. The summed E-state index contributed by atoms with van der Waals surface area (Å²) in [6.07, 6.45) is 5.75. The van der Waals surface area contributed by atoms with Crippen LogP contribution < -0.4 is 5.32 Å². The lowest BCUT2D eigenvalue weighted by Crippen LogP contribution is -2.15. The van der Waals surface area contributed by atoms with E-state index in [1.165, 1.54) is 0 Å². The monoisotopic (exact) mass is 249 g/mol. The van der Waals surface area contributed by atoms with E-state index >= 15 is 0 Å². The summed E-state index contributed by atoms with van der Waals surface area (Å²) in [5, 5.41) is 7.47. The third-order valence-electron chi connectivity index (χ3n) is 2.62. The number of aromatic nitrogens is 4. The Morgan fingerprint density at radius 3 is 3.00 bits per heavy atom. The topological polar surface area (TPSA) is 56.9 Å². The molecule has 1 N–H and O–H groups in total. The van der Waals surface area contributed by atoms with Gasteiger partial charge in [-0.05, 0) is 13.0 Å². The van der Waals surface area contributed by atoms with Gasteiger partial charge in [-0.25, -0.2) is 4.98 Å². The lowest BCUT2D eigenvalue weighted by Gasteiger charge is -2.09. The van der Waals surface area contributed by atoms with Crippen molar-refractivity contribution in [2.24, 2.45) is 0 Å². The van der Waals surface area contributed by atoms with E-state index in [9.17, 15) is 0 Å². The molecule has 0 saturated carbocycles. The molecular weight excluding hydrogens is 230 g/mol. The van der Waals surface area contributed by atoms with Crippen molar-refractivity contribution in [3.05, 3.63) is 30.4 Å². The summed E-state index contributed by atoms with van der Waals surface area (Å²) in [4.78, 5) is 4.45. The van der Waals surface area contributed by atoms with Crippen LogP contribution in [0.1, 0.15) is 5.69 Å². The van der Waals surface area contributed by atoms with E-state index in [1.54, 1.807) is 13.3 Å². The van der Waals surface area contributed by atoms with Gasteiger partial charge in [0.05, 0.1) is 18.8 Å². The summed E-state index contributed by atoms with van der Waals surface area (Å²) in [6.45, 7) is 5.10. The van der Waals surface area contributed by atoms with Gasteiger partial charge in [-0.3, -0.25) is 4.68 Å². The zero-order valence-corrected chi connectivity index (χ0v) is 10.8. The van der Waals surface area contributed by atoms with Crippen molar-refractivity contribution in [1.82, 2.24) is 19.3 Å². The van der Waals surface area contributed by atoms with Crippen molar-refractivity contribution < 1.29 is 4.74 Å². The molecule has 2 rings (SSSR count). The van der Waals surface area contributed by atoms with Gasteiger partial charge in [-0.2, -0.15) is 5.10 Å². The number of anilines is 1.